The molecule has 1 aliphatic rings. The summed E-state index contributed by atoms with van der Waals surface area (Å²) in [7, 11) is 3.38. The van der Waals surface area contributed by atoms with Gasteiger partial charge in [-0.05, 0) is 101 Å². The van der Waals surface area contributed by atoms with Gasteiger partial charge in [0.25, 0.3) is 0 Å². The molecule has 1 fully saturated rings. The zero-order valence-electron chi connectivity index (χ0n) is 31.3. The van der Waals surface area contributed by atoms with Gasteiger partial charge in [-0.3, -0.25) is 0 Å². The van der Waals surface area contributed by atoms with Crippen molar-refractivity contribution in [2.45, 2.75) is 82.8 Å². The molecule has 4 aromatic carbocycles. The maximum Gasteiger partial charge on any atom is 0.186 e. The third kappa shape index (κ3) is 14.6. The zero-order valence-corrected chi connectivity index (χ0v) is 35.2. The molecule has 11 heteroatoms. The Morgan fingerprint density at radius 3 is 2.04 bits per heavy atom. The van der Waals surface area contributed by atoms with Crippen LogP contribution in [0.1, 0.15) is 47.9 Å². The minimum Gasteiger partial charge on any atom is -0.497 e. The summed E-state index contributed by atoms with van der Waals surface area (Å²) in [4.78, 5) is 0. The van der Waals surface area contributed by atoms with Crippen LogP contribution in [0.2, 0.25) is 5.02 Å². The Morgan fingerprint density at radius 2 is 1.36 bits per heavy atom. The average molecular weight is 901 g/mol. The van der Waals surface area contributed by atoms with E-state index in [2.05, 4.69) is 56.1 Å². The molecule has 2 unspecified atom stereocenters. The first-order valence-corrected chi connectivity index (χ1v) is 20.4. The molecule has 5 rings (SSSR count). The third-order valence-electron chi connectivity index (χ3n) is 8.93. The average Bonchev–Trinajstić information content (AvgIpc) is 3.20. The van der Waals surface area contributed by atoms with Gasteiger partial charge in [0.15, 0.2) is 6.29 Å². The van der Waals surface area contributed by atoms with E-state index in [1.165, 1.54) is 0 Å². The summed E-state index contributed by atoms with van der Waals surface area (Å²) in [5.41, 5.74) is 3.78. The van der Waals surface area contributed by atoms with E-state index >= 15 is 0 Å². The molecular formula is C44H49Br2ClO8. The summed E-state index contributed by atoms with van der Waals surface area (Å²) < 4.78 is 52.3. The van der Waals surface area contributed by atoms with Crippen LogP contribution in [0.25, 0.3) is 0 Å². The molecule has 0 saturated carbocycles. The van der Waals surface area contributed by atoms with Gasteiger partial charge < -0.3 is 37.9 Å². The third-order valence-corrected chi connectivity index (χ3v) is 10.4. The second kappa shape index (κ2) is 24.1. The number of ether oxygens (including phenoxy) is 8. The fourth-order valence-electron chi connectivity index (χ4n) is 5.95. The van der Waals surface area contributed by atoms with Gasteiger partial charge in [0.2, 0.25) is 0 Å². The van der Waals surface area contributed by atoms with Gasteiger partial charge in [-0.1, -0.05) is 94.3 Å². The molecule has 0 radical (unpaired) electrons. The standard InChI is InChI=1S/C44H49Br2ClO8/c1-48-25-9-5-3-4-6-10-26-51-44-43(53-29-34-17-23-38(49-2)24-18-34)42(54-30-35-11-7-8-12-39(35)46)41(52-28-33-15-21-37(47)22-16-33)40(55-44)31-50-27-32-13-19-36(45)20-14-32/h3-4,7-8,11-13,15-19,21-24,40-44H,5-6,9-10,25-31H2,1-2H3/t40?,41-,42+,43?,44-/m1/s1. The lowest BCUT2D eigenvalue weighted by Gasteiger charge is -2.46. The molecule has 5 atom stereocenters. The summed E-state index contributed by atoms with van der Waals surface area (Å²) in [5.74, 6) is 0.769. The second-order valence-corrected chi connectivity index (χ2v) is 15.2. The van der Waals surface area contributed by atoms with Crippen LogP contribution in [-0.4, -0.2) is 64.7 Å². The molecule has 1 saturated heterocycles. The fraction of sp³-hybridized carbons (Fsp3) is 0.409. The summed E-state index contributed by atoms with van der Waals surface area (Å²) in [6.45, 7) is 2.61. The molecule has 1 heterocycles. The van der Waals surface area contributed by atoms with Crippen molar-refractivity contribution in [1.29, 1.82) is 0 Å². The maximum absolute atomic E-state index is 6.86. The number of rotatable bonds is 23. The molecule has 0 aromatic heterocycles. The predicted octanol–water partition coefficient (Wildman–Crippen LogP) is 10.3. The molecule has 55 heavy (non-hydrogen) atoms. The lowest BCUT2D eigenvalue weighted by Crippen LogP contribution is -2.61. The van der Waals surface area contributed by atoms with Crippen LogP contribution in [0.5, 0.6) is 5.75 Å². The first kappa shape index (κ1) is 43.3. The van der Waals surface area contributed by atoms with Crippen LogP contribution in [0, 0.1) is 12.1 Å². The molecule has 0 spiro atoms. The summed E-state index contributed by atoms with van der Waals surface area (Å²) in [6, 6.07) is 33.4. The fourth-order valence-corrected chi connectivity index (χ4v) is 6.71. The van der Waals surface area contributed by atoms with Crippen molar-refractivity contribution in [2.75, 3.05) is 34.0 Å². The summed E-state index contributed by atoms with van der Waals surface area (Å²) in [6.07, 6.45) is 4.83. The number of hydrogen-bond acceptors (Lipinski definition) is 8. The van der Waals surface area contributed by atoms with E-state index < -0.39 is 30.7 Å². The van der Waals surface area contributed by atoms with Gasteiger partial charge in [-0.2, -0.15) is 0 Å². The van der Waals surface area contributed by atoms with Crippen molar-refractivity contribution in [3.05, 3.63) is 145 Å². The molecule has 4 aromatic rings. The second-order valence-electron chi connectivity index (χ2n) is 13.0. The van der Waals surface area contributed by atoms with Crippen LogP contribution in [0.4, 0.5) is 0 Å². The molecule has 0 amide bonds. The van der Waals surface area contributed by atoms with Crippen LogP contribution in [-0.2, 0) is 59.6 Å². The Balaban J connectivity index is 1.41. The minimum absolute atomic E-state index is 0.208. The quantitative estimate of drug-likeness (QED) is 0.0539. The van der Waals surface area contributed by atoms with Crippen molar-refractivity contribution >= 4 is 43.5 Å². The highest BCUT2D eigenvalue weighted by Gasteiger charge is 2.49. The smallest absolute Gasteiger partial charge is 0.186 e. The van der Waals surface area contributed by atoms with Crippen molar-refractivity contribution in [3.8, 4) is 5.75 Å². The lowest BCUT2D eigenvalue weighted by atomic mass is 9.97. The molecule has 0 bridgehead atoms. The first-order valence-electron chi connectivity index (χ1n) is 18.5. The molecular weight excluding hydrogens is 852 g/mol. The number of benzene rings is 3. The van der Waals surface area contributed by atoms with Crippen LogP contribution in [0.15, 0.2) is 106 Å². The molecule has 294 valence electrons. The monoisotopic (exact) mass is 898 g/mol. The van der Waals surface area contributed by atoms with Crippen molar-refractivity contribution in [1.82, 2.24) is 0 Å². The van der Waals surface area contributed by atoms with Crippen molar-refractivity contribution < 1.29 is 37.9 Å². The number of unbranched alkanes of at least 4 members (excludes halogenated alkanes) is 2. The van der Waals surface area contributed by atoms with Crippen molar-refractivity contribution in [2.24, 2.45) is 0 Å². The maximum atomic E-state index is 6.86. The Morgan fingerprint density at radius 1 is 0.691 bits per heavy atom. The lowest BCUT2D eigenvalue weighted by molar-refractivity contribution is -0.328. The van der Waals surface area contributed by atoms with E-state index in [4.69, 9.17) is 49.5 Å². The first-order chi connectivity index (χ1) is 26.9. The molecule has 0 N–H and O–H groups in total. The normalized spacial score (nSPS) is 19.8. The van der Waals surface area contributed by atoms with Gasteiger partial charge in [0.1, 0.15) is 30.2 Å². The minimum atomic E-state index is -0.773. The number of methoxy groups -OCH3 is 2. The highest BCUT2D eigenvalue weighted by atomic mass is 79.9. The Kier molecular flexibility index (Phi) is 19.0. The Labute approximate surface area is 347 Å². The van der Waals surface area contributed by atoms with E-state index in [0.29, 0.717) is 31.5 Å². The van der Waals surface area contributed by atoms with E-state index in [9.17, 15) is 0 Å². The van der Waals surface area contributed by atoms with E-state index in [0.717, 1.165) is 69.2 Å². The molecule has 0 aliphatic carbocycles. The predicted molar refractivity (Wildman–Crippen MR) is 220 cm³/mol. The van der Waals surface area contributed by atoms with E-state index in [1.807, 2.05) is 84.9 Å². The van der Waals surface area contributed by atoms with Gasteiger partial charge in [0, 0.05) is 28.8 Å². The summed E-state index contributed by atoms with van der Waals surface area (Å²) >= 11 is 13.3. The SMILES string of the molecule is COCCCC=CCCCO[C@@H]1OC(COCc2c#cc(Br)cc2)[C@@H](OCc2ccc(Cl)cc2)[C@H](OCc2ccccc2Br)C1OCc1ccc(OC)cc1. The Bertz CT molecular complexity index is 1690. The van der Waals surface area contributed by atoms with Gasteiger partial charge in [-0.15, -0.1) is 0 Å². The molecule has 8 nitrogen and oxygen atoms in total. The number of halogens is 3. The highest BCUT2D eigenvalue weighted by Crippen LogP contribution is 2.33. The topological polar surface area (TPSA) is 73.8 Å². The van der Waals surface area contributed by atoms with E-state index in [-0.39, 0.29) is 13.2 Å². The number of allylic oxidation sites excluding steroid dienone is 2. The number of hydrogen-bond donors (Lipinski definition) is 0. The van der Waals surface area contributed by atoms with Gasteiger partial charge in [-0.25, -0.2) is 0 Å². The highest BCUT2D eigenvalue weighted by molar-refractivity contribution is 9.10. The Hall–Kier alpha value is -2.79. The van der Waals surface area contributed by atoms with Gasteiger partial charge >= 0.3 is 0 Å². The van der Waals surface area contributed by atoms with Crippen LogP contribution in [0.3, 0.4) is 0 Å². The largest absolute Gasteiger partial charge is 0.497 e. The summed E-state index contributed by atoms with van der Waals surface area (Å²) in [5, 5.41) is 0.654. The van der Waals surface area contributed by atoms with Crippen molar-refractivity contribution in [3.63, 3.8) is 0 Å². The van der Waals surface area contributed by atoms with E-state index in [1.54, 1.807) is 14.2 Å². The van der Waals surface area contributed by atoms with Gasteiger partial charge in [0.05, 0.1) is 51.2 Å². The zero-order chi connectivity index (χ0) is 38.7. The molecule has 1 aliphatic heterocycles. The van der Waals surface area contributed by atoms with Crippen LogP contribution >= 0.6 is 43.5 Å². The van der Waals surface area contributed by atoms with Crippen LogP contribution < -0.4 is 4.74 Å².